The van der Waals surface area contributed by atoms with Gasteiger partial charge in [0.1, 0.15) is 12.4 Å². The second-order valence-corrected chi connectivity index (χ2v) is 9.36. The second-order valence-electron chi connectivity index (χ2n) is 9.36. The SMILES string of the molecule is C=O.CC(C)NCc1ccc(Cn2nc(C3CCC3)c3c4c(c(=O)[nH]c32)CCCC4)cc1. The molecule has 0 aliphatic heterocycles. The van der Waals surface area contributed by atoms with Crippen LogP contribution in [0.4, 0.5) is 0 Å². The Hall–Kier alpha value is -2.73. The van der Waals surface area contributed by atoms with Gasteiger partial charge in [-0.05, 0) is 55.2 Å². The molecule has 0 atom stereocenters. The summed E-state index contributed by atoms with van der Waals surface area (Å²) in [6, 6.07) is 9.23. The molecule has 1 fully saturated rings. The molecule has 0 unspecified atom stereocenters. The molecule has 3 aromatic rings. The predicted molar refractivity (Wildman–Crippen MR) is 128 cm³/mol. The minimum Gasteiger partial charge on any atom is -0.310 e. The van der Waals surface area contributed by atoms with Crippen molar-refractivity contribution >= 4 is 17.8 Å². The molecule has 2 heterocycles. The first-order valence-corrected chi connectivity index (χ1v) is 11.8. The highest BCUT2D eigenvalue weighted by Crippen LogP contribution is 2.41. The maximum atomic E-state index is 12.8. The molecular formula is C26H34N4O2. The number of carbonyl (C=O) groups is 1. The summed E-state index contributed by atoms with van der Waals surface area (Å²) in [5.41, 5.74) is 7.03. The summed E-state index contributed by atoms with van der Waals surface area (Å²) in [7, 11) is 0. The van der Waals surface area contributed by atoms with E-state index in [4.69, 9.17) is 9.89 Å². The van der Waals surface area contributed by atoms with Crippen LogP contribution in [0.2, 0.25) is 0 Å². The van der Waals surface area contributed by atoms with Crippen LogP contribution in [-0.2, 0) is 30.7 Å². The number of benzene rings is 1. The third kappa shape index (κ3) is 4.42. The van der Waals surface area contributed by atoms with E-state index in [2.05, 4.69) is 48.4 Å². The number of hydrogen-bond donors (Lipinski definition) is 2. The molecule has 2 N–H and O–H groups in total. The van der Waals surface area contributed by atoms with Gasteiger partial charge in [-0.1, -0.05) is 44.5 Å². The molecule has 2 aliphatic carbocycles. The van der Waals surface area contributed by atoms with Crippen molar-refractivity contribution in [3.05, 3.63) is 62.6 Å². The number of nitrogens with zero attached hydrogens (tertiary/aromatic N) is 2. The predicted octanol–water partition coefficient (Wildman–Crippen LogP) is 4.23. The molecule has 170 valence electrons. The summed E-state index contributed by atoms with van der Waals surface area (Å²) in [4.78, 5) is 24.0. The Balaban J connectivity index is 0.00000119. The van der Waals surface area contributed by atoms with Crippen molar-refractivity contribution in [3.8, 4) is 0 Å². The molecule has 6 nitrogen and oxygen atoms in total. The van der Waals surface area contributed by atoms with Gasteiger partial charge in [0.25, 0.3) is 5.56 Å². The first-order valence-electron chi connectivity index (χ1n) is 11.8. The summed E-state index contributed by atoms with van der Waals surface area (Å²) in [6.45, 7) is 7.90. The van der Waals surface area contributed by atoms with Gasteiger partial charge < -0.3 is 15.1 Å². The van der Waals surface area contributed by atoms with Crippen molar-refractivity contribution in [3.63, 3.8) is 0 Å². The Bertz CT molecular complexity index is 1120. The van der Waals surface area contributed by atoms with E-state index >= 15 is 0 Å². The lowest BCUT2D eigenvalue weighted by Crippen LogP contribution is -2.21. The van der Waals surface area contributed by atoms with Crippen LogP contribution in [0.25, 0.3) is 11.0 Å². The first kappa shape index (κ1) is 22.5. The largest absolute Gasteiger partial charge is 0.310 e. The Morgan fingerprint density at radius 3 is 2.34 bits per heavy atom. The van der Waals surface area contributed by atoms with Crippen molar-refractivity contribution in [2.45, 2.75) is 83.8 Å². The molecule has 1 aromatic carbocycles. The second kappa shape index (κ2) is 9.82. The van der Waals surface area contributed by atoms with E-state index in [1.807, 2.05) is 11.5 Å². The van der Waals surface area contributed by atoms with E-state index in [1.165, 1.54) is 53.5 Å². The van der Waals surface area contributed by atoms with Crippen molar-refractivity contribution in [1.29, 1.82) is 0 Å². The van der Waals surface area contributed by atoms with Crippen molar-refractivity contribution < 1.29 is 4.79 Å². The molecule has 0 saturated heterocycles. The van der Waals surface area contributed by atoms with Gasteiger partial charge in [0.15, 0.2) is 0 Å². The topological polar surface area (TPSA) is 79.8 Å². The Labute approximate surface area is 189 Å². The summed E-state index contributed by atoms with van der Waals surface area (Å²) >= 11 is 0. The summed E-state index contributed by atoms with van der Waals surface area (Å²) in [5.74, 6) is 0.551. The number of fused-ring (bicyclic) bond motifs is 3. The zero-order valence-electron chi connectivity index (χ0n) is 19.2. The number of pyridine rings is 1. The fraction of sp³-hybridized carbons (Fsp3) is 0.500. The lowest BCUT2D eigenvalue weighted by molar-refractivity contribution is -0.0979. The molecule has 0 amide bonds. The van der Waals surface area contributed by atoms with Crippen LogP contribution in [0, 0.1) is 0 Å². The van der Waals surface area contributed by atoms with Crippen LogP contribution in [-0.4, -0.2) is 27.6 Å². The fourth-order valence-corrected chi connectivity index (χ4v) is 4.86. The lowest BCUT2D eigenvalue weighted by atomic mass is 9.80. The van der Waals surface area contributed by atoms with E-state index in [1.54, 1.807) is 0 Å². The Morgan fingerprint density at radius 2 is 1.72 bits per heavy atom. The number of aromatic amines is 1. The Morgan fingerprint density at radius 1 is 1.06 bits per heavy atom. The fourth-order valence-electron chi connectivity index (χ4n) is 4.86. The van der Waals surface area contributed by atoms with Gasteiger partial charge in [-0.3, -0.25) is 4.79 Å². The van der Waals surface area contributed by atoms with Gasteiger partial charge in [-0.15, -0.1) is 0 Å². The van der Waals surface area contributed by atoms with Gasteiger partial charge in [0.05, 0.1) is 12.2 Å². The Kier molecular flexibility index (Phi) is 6.89. The van der Waals surface area contributed by atoms with Crippen molar-refractivity contribution in [2.75, 3.05) is 0 Å². The van der Waals surface area contributed by atoms with Gasteiger partial charge >= 0.3 is 0 Å². The minimum atomic E-state index is 0.0913. The third-order valence-electron chi connectivity index (χ3n) is 6.82. The number of hydrogen-bond acceptors (Lipinski definition) is 4. The number of aryl methyl sites for hydroxylation is 1. The molecule has 0 radical (unpaired) electrons. The average Bonchev–Trinajstić information content (AvgIpc) is 3.11. The highest BCUT2D eigenvalue weighted by Gasteiger charge is 2.29. The summed E-state index contributed by atoms with van der Waals surface area (Å²) in [6.07, 6.45) is 7.94. The summed E-state index contributed by atoms with van der Waals surface area (Å²) in [5, 5.41) is 9.79. The van der Waals surface area contributed by atoms with E-state index in [9.17, 15) is 4.79 Å². The number of aromatic nitrogens is 3. The maximum Gasteiger partial charge on any atom is 0.253 e. The van der Waals surface area contributed by atoms with E-state index in [-0.39, 0.29) is 5.56 Å². The molecule has 32 heavy (non-hydrogen) atoms. The first-order chi connectivity index (χ1) is 15.6. The molecular weight excluding hydrogens is 400 g/mol. The zero-order valence-corrected chi connectivity index (χ0v) is 19.2. The standard InChI is InChI=1S/C25H32N4O.CH2O/c1-16(2)26-14-17-10-12-18(13-11-17)15-29-24-22(23(28-29)19-6-5-7-19)20-8-3-4-9-21(20)25(30)27-24;1-2/h10-13,16,19,26H,3-9,14-15H2,1-2H3,(H,27,30);1H2. The third-order valence-corrected chi connectivity index (χ3v) is 6.82. The van der Waals surface area contributed by atoms with Gasteiger partial charge in [-0.2, -0.15) is 5.10 Å². The highest BCUT2D eigenvalue weighted by atomic mass is 16.1. The van der Waals surface area contributed by atoms with Gasteiger partial charge in [0, 0.05) is 29.5 Å². The quantitative estimate of drug-likeness (QED) is 0.608. The van der Waals surface area contributed by atoms with Gasteiger partial charge in [-0.25, -0.2) is 4.68 Å². The maximum absolute atomic E-state index is 12.8. The molecule has 6 heteroatoms. The van der Waals surface area contributed by atoms with Crippen LogP contribution in [0.1, 0.15) is 79.8 Å². The van der Waals surface area contributed by atoms with Crippen LogP contribution < -0.4 is 10.9 Å². The van der Waals surface area contributed by atoms with Crippen molar-refractivity contribution in [2.24, 2.45) is 0 Å². The van der Waals surface area contributed by atoms with E-state index in [0.717, 1.165) is 37.0 Å². The monoisotopic (exact) mass is 434 g/mol. The molecule has 2 aromatic heterocycles. The van der Waals surface area contributed by atoms with Gasteiger partial charge in [0.2, 0.25) is 0 Å². The molecule has 5 rings (SSSR count). The van der Waals surface area contributed by atoms with Crippen molar-refractivity contribution in [1.82, 2.24) is 20.1 Å². The molecule has 0 bridgehead atoms. The average molecular weight is 435 g/mol. The van der Waals surface area contributed by atoms with Crippen LogP contribution in [0.3, 0.4) is 0 Å². The lowest BCUT2D eigenvalue weighted by Gasteiger charge is -2.25. The zero-order chi connectivity index (χ0) is 22.7. The van der Waals surface area contributed by atoms with Crippen LogP contribution >= 0.6 is 0 Å². The van der Waals surface area contributed by atoms with E-state index < -0.39 is 0 Å². The van der Waals surface area contributed by atoms with Crippen LogP contribution in [0.15, 0.2) is 29.1 Å². The minimum absolute atomic E-state index is 0.0913. The smallest absolute Gasteiger partial charge is 0.253 e. The summed E-state index contributed by atoms with van der Waals surface area (Å²) < 4.78 is 2.04. The van der Waals surface area contributed by atoms with Crippen LogP contribution in [0.5, 0.6) is 0 Å². The highest BCUT2D eigenvalue weighted by molar-refractivity contribution is 5.84. The molecule has 0 spiro atoms. The normalized spacial score (nSPS) is 15.8. The van der Waals surface area contributed by atoms with E-state index in [0.29, 0.717) is 18.5 Å². The number of carbonyl (C=O) groups excluding carboxylic acids is 1. The molecule has 1 saturated carbocycles. The number of nitrogens with one attached hydrogen (secondary N) is 2. The number of rotatable bonds is 6. The molecule has 2 aliphatic rings. The number of H-pyrrole nitrogens is 1.